The van der Waals surface area contributed by atoms with Crippen LogP contribution in [0.25, 0.3) is 10.8 Å². The molecule has 4 heteroatoms. The van der Waals surface area contributed by atoms with E-state index in [9.17, 15) is 9.90 Å². The van der Waals surface area contributed by atoms with Crippen molar-refractivity contribution in [1.82, 2.24) is 4.90 Å². The van der Waals surface area contributed by atoms with Gasteiger partial charge < -0.3 is 15.3 Å². The van der Waals surface area contributed by atoms with Crippen molar-refractivity contribution in [3.63, 3.8) is 0 Å². The quantitative estimate of drug-likeness (QED) is 0.750. The Morgan fingerprint density at radius 2 is 1.62 bits per heavy atom. The molecule has 3 rings (SSSR count). The zero-order valence-electron chi connectivity index (χ0n) is 13.4. The second-order valence-electron chi connectivity index (χ2n) is 5.62. The molecule has 3 aromatic rings. The second-order valence-corrected chi connectivity index (χ2v) is 5.62. The van der Waals surface area contributed by atoms with Gasteiger partial charge in [0.05, 0.1) is 6.61 Å². The maximum absolute atomic E-state index is 12.5. The van der Waals surface area contributed by atoms with E-state index in [4.69, 9.17) is 0 Å². The van der Waals surface area contributed by atoms with E-state index in [1.165, 1.54) is 0 Å². The van der Waals surface area contributed by atoms with Gasteiger partial charge in [0.15, 0.2) is 0 Å². The first-order chi connectivity index (χ1) is 11.8. The van der Waals surface area contributed by atoms with E-state index in [2.05, 4.69) is 5.32 Å². The molecule has 122 valence electrons. The Bertz CT molecular complexity index is 818. The minimum absolute atomic E-state index is 0.0715. The lowest BCUT2D eigenvalue weighted by Crippen LogP contribution is -2.36. The molecule has 0 unspecified atom stereocenters. The molecule has 0 aliphatic rings. The molecule has 0 fully saturated rings. The van der Waals surface area contributed by atoms with Crippen LogP contribution in [-0.4, -0.2) is 29.2 Å². The summed E-state index contributed by atoms with van der Waals surface area (Å²) in [4.78, 5) is 14.1. The van der Waals surface area contributed by atoms with E-state index in [0.29, 0.717) is 6.54 Å². The number of urea groups is 1. The minimum atomic E-state index is -0.219. The average Bonchev–Trinajstić information content (AvgIpc) is 2.62. The first-order valence-electron chi connectivity index (χ1n) is 7.96. The number of aliphatic hydroxyl groups is 1. The molecule has 4 nitrogen and oxygen atoms in total. The van der Waals surface area contributed by atoms with Crippen LogP contribution >= 0.6 is 0 Å². The van der Waals surface area contributed by atoms with Gasteiger partial charge in [-0.05, 0) is 28.5 Å². The molecule has 0 saturated carbocycles. The fourth-order valence-corrected chi connectivity index (χ4v) is 2.65. The first kappa shape index (κ1) is 16.0. The number of nitrogens with one attached hydrogen (secondary N) is 1. The van der Waals surface area contributed by atoms with Crippen molar-refractivity contribution in [2.75, 3.05) is 18.5 Å². The molecule has 0 bridgehead atoms. The van der Waals surface area contributed by atoms with Crippen molar-refractivity contribution in [2.45, 2.75) is 6.54 Å². The van der Waals surface area contributed by atoms with Crippen molar-refractivity contribution in [2.24, 2.45) is 0 Å². The zero-order valence-corrected chi connectivity index (χ0v) is 13.4. The van der Waals surface area contributed by atoms with Crippen molar-refractivity contribution in [1.29, 1.82) is 0 Å². The number of carbonyl (C=O) groups excluding carboxylic acids is 1. The summed E-state index contributed by atoms with van der Waals surface area (Å²) in [6.45, 7) is 0.674. The number of hydrogen-bond acceptors (Lipinski definition) is 2. The summed E-state index contributed by atoms with van der Waals surface area (Å²) in [7, 11) is 0. The van der Waals surface area contributed by atoms with Gasteiger partial charge in [0, 0.05) is 18.8 Å². The van der Waals surface area contributed by atoms with Gasteiger partial charge in [0.25, 0.3) is 0 Å². The molecule has 2 amide bonds. The average molecular weight is 320 g/mol. The Hall–Kier alpha value is -2.85. The number of hydrogen-bond donors (Lipinski definition) is 2. The molecule has 0 aliphatic heterocycles. The molecule has 0 saturated heterocycles. The van der Waals surface area contributed by atoms with E-state index in [0.717, 1.165) is 22.0 Å². The summed E-state index contributed by atoms with van der Waals surface area (Å²) < 4.78 is 0. The van der Waals surface area contributed by atoms with Crippen molar-refractivity contribution in [3.8, 4) is 0 Å². The number of nitrogens with zero attached hydrogens (tertiary/aromatic N) is 1. The lowest BCUT2D eigenvalue weighted by molar-refractivity contribution is 0.185. The van der Waals surface area contributed by atoms with Crippen LogP contribution in [0.5, 0.6) is 0 Å². The van der Waals surface area contributed by atoms with Crippen LogP contribution in [0.4, 0.5) is 10.5 Å². The van der Waals surface area contributed by atoms with Crippen LogP contribution in [0.1, 0.15) is 5.56 Å². The minimum Gasteiger partial charge on any atom is -0.395 e. The first-order valence-corrected chi connectivity index (χ1v) is 7.96. The van der Waals surface area contributed by atoms with Crippen LogP contribution in [0.3, 0.4) is 0 Å². The maximum Gasteiger partial charge on any atom is 0.322 e. The number of aliphatic hydroxyl groups excluding tert-OH is 1. The molecule has 0 heterocycles. The highest BCUT2D eigenvalue weighted by Crippen LogP contribution is 2.19. The third-order valence-electron chi connectivity index (χ3n) is 3.87. The highest BCUT2D eigenvalue weighted by molar-refractivity contribution is 5.93. The summed E-state index contributed by atoms with van der Waals surface area (Å²) in [6, 6.07) is 23.4. The summed E-state index contributed by atoms with van der Waals surface area (Å²) in [5.41, 5.74) is 1.77. The molecule has 0 radical (unpaired) electrons. The Morgan fingerprint density at radius 1 is 0.917 bits per heavy atom. The van der Waals surface area contributed by atoms with Crippen LogP contribution < -0.4 is 5.32 Å². The standard InChI is InChI=1S/C20H20N2O2/c23-13-12-22(15-16-6-2-1-3-7-16)20(24)21-19-11-10-17-8-4-5-9-18(17)14-19/h1-11,14,23H,12-13,15H2,(H,21,24). The van der Waals surface area contributed by atoms with Gasteiger partial charge in [0.2, 0.25) is 0 Å². The van der Waals surface area contributed by atoms with Crippen molar-refractivity contribution < 1.29 is 9.90 Å². The topological polar surface area (TPSA) is 52.6 Å². The van der Waals surface area contributed by atoms with E-state index in [1.54, 1.807) is 4.90 Å². The van der Waals surface area contributed by atoms with Gasteiger partial charge in [-0.25, -0.2) is 4.79 Å². The van der Waals surface area contributed by atoms with Crippen LogP contribution in [0, 0.1) is 0 Å². The van der Waals surface area contributed by atoms with Gasteiger partial charge in [-0.15, -0.1) is 0 Å². The molecule has 2 N–H and O–H groups in total. The van der Waals surface area contributed by atoms with Gasteiger partial charge >= 0.3 is 6.03 Å². The largest absolute Gasteiger partial charge is 0.395 e. The second kappa shape index (κ2) is 7.62. The van der Waals surface area contributed by atoms with Gasteiger partial charge in [-0.3, -0.25) is 0 Å². The van der Waals surface area contributed by atoms with Crippen molar-refractivity contribution >= 4 is 22.5 Å². The summed E-state index contributed by atoms with van der Waals surface area (Å²) in [5.74, 6) is 0. The summed E-state index contributed by atoms with van der Waals surface area (Å²) >= 11 is 0. The highest BCUT2D eigenvalue weighted by atomic mass is 16.3. The number of anilines is 1. The fourth-order valence-electron chi connectivity index (χ4n) is 2.65. The lowest BCUT2D eigenvalue weighted by Gasteiger charge is -2.22. The third-order valence-corrected chi connectivity index (χ3v) is 3.87. The SMILES string of the molecule is O=C(Nc1ccc2ccccc2c1)N(CCO)Cc1ccccc1. The van der Waals surface area contributed by atoms with Crippen LogP contribution in [0.2, 0.25) is 0 Å². The number of benzene rings is 3. The molecule has 3 aromatic carbocycles. The monoisotopic (exact) mass is 320 g/mol. The van der Waals surface area contributed by atoms with Gasteiger partial charge in [0.1, 0.15) is 0 Å². The smallest absolute Gasteiger partial charge is 0.322 e. The molecule has 24 heavy (non-hydrogen) atoms. The summed E-state index contributed by atoms with van der Waals surface area (Å²) in [6.07, 6.45) is 0. The van der Waals surface area contributed by atoms with E-state index < -0.39 is 0 Å². The van der Waals surface area contributed by atoms with Gasteiger partial charge in [-0.2, -0.15) is 0 Å². The Morgan fingerprint density at radius 3 is 2.38 bits per heavy atom. The Kier molecular flexibility index (Phi) is 5.08. The van der Waals surface area contributed by atoms with Crippen LogP contribution in [0.15, 0.2) is 72.8 Å². The molecular formula is C20H20N2O2. The normalized spacial score (nSPS) is 10.5. The number of fused-ring (bicyclic) bond motifs is 1. The third kappa shape index (κ3) is 3.91. The molecule has 0 aliphatic carbocycles. The van der Waals surface area contributed by atoms with E-state index >= 15 is 0 Å². The molecule has 0 spiro atoms. The van der Waals surface area contributed by atoms with E-state index in [1.807, 2.05) is 72.8 Å². The highest BCUT2D eigenvalue weighted by Gasteiger charge is 2.13. The molecule has 0 atom stereocenters. The summed E-state index contributed by atoms with van der Waals surface area (Å²) in [5, 5.41) is 14.4. The lowest BCUT2D eigenvalue weighted by atomic mass is 10.1. The zero-order chi connectivity index (χ0) is 16.8. The number of carbonyl (C=O) groups is 1. The molecule has 0 aromatic heterocycles. The number of amides is 2. The predicted molar refractivity (Wildman–Crippen MR) is 96.9 cm³/mol. The Balaban J connectivity index is 1.74. The maximum atomic E-state index is 12.5. The van der Waals surface area contributed by atoms with Crippen molar-refractivity contribution in [3.05, 3.63) is 78.4 Å². The molecular weight excluding hydrogens is 300 g/mol. The van der Waals surface area contributed by atoms with Gasteiger partial charge in [-0.1, -0.05) is 60.7 Å². The predicted octanol–water partition coefficient (Wildman–Crippen LogP) is 3.87. The van der Waals surface area contributed by atoms with E-state index in [-0.39, 0.29) is 19.2 Å². The Labute approximate surface area is 141 Å². The number of rotatable bonds is 5. The fraction of sp³-hybridized carbons (Fsp3) is 0.150. The van der Waals surface area contributed by atoms with Crippen LogP contribution in [-0.2, 0) is 6.54 Å².